The number of anilines is 1. The molecule has 2 rings (SSSR count). The van der Waals surface area contributed by atoms with Crippen molar-refractivity contribution in [3.8, 4) is 5.75 Å². The second kappa shape index (κ2) is 8.81. The molecule has 0 aromatic heterocycles. The van der Waals surface area contributed by atoms with Crippen LogP contribution in [0.4, 0.5) is 18.9 Å². The molecule has 5 nitrogen and oxygen atoms in total. The van der Waals surface area contributed by atoms with Crippen molar-refractivity contribution in [2.45, 2.75) is 6.18 Å². The number of amides is 1. The van der Waals surface area contributed by atoms with Gasteiger partial charge in [-0.05, 0) is 40.2 Å². The van der Waals surface area contributed by atoms with Gasteiger partial charge in [0.15, 0.2) is 4.99 Å². The van der Waals surface area contributed by atoms with Crippen molar-refractivity contribution in [3.63, 3.8) is 0 Å². The Morgan fingerprint density at radius 1 is 1.22 bits per heavy atom. The van der Waals surface area contributed by atoms with Gasteiger partial charge >= 0.3 is 6.18 Å². The average Bonchev–Trinajstić information content (AvgIpc) is 2.58. The molecule has 0 aliphatic carbocycles. The van der Waals surface area contributed by atoms with Crippen LogP contribution in [0, 0.1) is 0 Å². The van der Waals surface area contributed by atoms with Crippen LogP contribution < -0.4 is 10.7 Å². The molecule has 142 valence electrons. The first-order chi connectivity index (χ1) is 12.6. The summed E-state index contributed by atoms with van der Waals surface area (Å²) in [6.45, 7) is 0. The summed E-state index contributed by atoms with van der Waals surface area (Å²) in [6, 6.07) is 7.71. The van der Waals surface area contributed by atoms with Crippen LogP contribution in [0.3, 0.4) is 0 Å². The van der Waals surface area contributed by atoms with Crippen LogP contribution in [0.25, 0.3) is 0 Å². The zero-order chi connectivity index (χ0) is 20.2. The van der Waals surface area contributed by atoms with E-state index in [1.165, 1.54) is 18.3 Å². The lowest BCUT2D eigenvalue weighted by Crippen LogP contribution is -2.31. The second-order valence-corrected chi connectivity index (χ2v) is 7.20. The molecule has 0 bridgehead atoms. The number of rotatable bonds is 3. The van der Waals surface area contributed by atoms with Gasteiger partial charge in [0, 0.05) is 10.0 Å². The number of aromatic hydroxyl groups is 1. The van der Waals surface area contributed by atoms with Gasteiger partial charge in [-0.1, -0.05) is 40.3 Å². The number of alkyl halides is 3. The van der Waals surface area contributed by atoms with Crippen molar-refractivity contribution >= 4 is 66.9 Å². The van der Waals surface area contributed by atoms with E-state index in [-0.39, 0.29) is 5.75 Å². The van der Waals surface area contributed by atoms with Crippen LogP contribution in [-0.2, 0) is 11.0 Å². The number of thiocarbonyl (C=S) groups is 1. The number of phenolic OH excluding ortho intramolecular Hbond substituents is 1. The van der Waals surface area contributed by atoms with Crippen LogP contribution in [0.5, 0.6) is 5.75 Å². The summed E-state index contributed by atoms with van der Waals surface area (Å²) in [5.74, 6) is -1.04. The summed E-state index contributed by atoms with van der Waals surface area (Å²) in [4.78, 5) is 11.5. The third-order valence-corrected chi connectivity index (χ3v) is 4.45. The summed E-state index contributed by atoms with van der Waals surface area (Å²) >= 11 is 11.2. The number of nitrogens with one attached hydrogen (secondary N) is 2. The molecule has 0 unspecified atom stereocenters. The number of hydrogen-bond acceptors (Lipinski definition) is 4. The molecule has 0 aliphatic heterocycles. The van der Waals surface area contributed by atoms with Crippen molar-refractivity contribution in [2.75, 3.05) is 5.32 Å². The van der Waals surface area contributed by atoms with E-state index in [0.717, 1.165) is 12.1 Å². The van der Waals surface area contributed by atoms with E-state index in [9.17, 15) is 23.1 Å². The molecule has 1 amide bonds. The molecule has 0 spiro atoms. The minimum atomic E-state index is -4.62. The predicted octanol–water partition coefficient (Wildman–Crippen LogP) is 4.83. The number of hydrogen-bond donors (Lipinski definition) is 3. The maximum absolute atomic E-state index is 12.9. The lowest BCUT2D eigenvalue weighted by Gasteiger charge is -2.13. The highest BCUT2D eigenvalue weighted by atomic mass is 79.9. The van der Waals surface area contributed by atoms with E-state index in [0.29, 0.717) is 14.5 Å². The summed E-state index contributed by atoms with van der Waals surface area (Å²) in [7, 11) is 0. The number of benzene rings is 2. The number of para-hydroxylation sites is 1. The molecule has 11 heteroatoms. The molecule has 2 aromatic rings. The van der Waals surface area contributed by atoms with Gasteiger partial charge in [-0.2, -0.15) is 18.3 Å². The van der Waals surface area contributed by atoms with Crippen molar-refractivity contribution in [1.29, 1.82) is 0 Å². The SMILES string of the molecule is O=C(Nc1ccccc1C(F)(F)F)C(=S)NN=Cc1cc(Br)cc(Br)c1O. The lowest BCUT2D eigenvalue weighted by atomic mass is 10.1. The lowest BCUT2D eigenvalue weighted by molar-refractivity contribution is -0.136. The van der Waals surface area contributed by atoms with Crippen molar-refractivity contribution in [3.05, 3.63) is 56.5 Å². The topological polar surface area (TPSA) is 73.7 Å². The number of phenols is 1. The molecule has 27 heavy (non-hydrogen) atoms. The molecule has 0 atom stereocenters. The minimum absolute atomic E-state index is 0.0850. The molecule has 0 radical (unpaired) electrons. The zero-order valence-corrected chi connectivity index (χ0v) is 17.1. The average molecular weight is 525 g/mol. The Hall–Kier alpha value is -1.98. The van der Waals surface area contributed by atoms with E-state index < -0.39 is 28.3 Å². The second-order valence-electron chi connectivity index (χ2n) is 5.02. The van der Waals surface area contributed by atoms with Gasteiger partial charge in [0.25, 0.3) is 5.91 Å². The fraction of sp³-hybridized carbons (Fsp3) is 0.0625. The number of carbonyl (C=O) groups is 1. The van der Waals surface area contributed by atoms with Gasteiger partial charge in [0.05, 0.1) is 21.9 Å². The number of carbonyl (C=O) groups excluding carboxylic acids is 1. The largest absolute Gasteiger partial charge is 0.506 e. The molecule has 0 heterocycles. The van der Waals surface area contributed by atoms with Crippen molar-refractivity contribution in [1.82, 2.24) is 5.43 Å². The monoisotopic (exact) mass is 523 g/mol. The number of halogens is 5. The Balaban J connectivity index is 2.07. The Morgan fingerprint density at radius 3 is 2.56 bits per heavy atom. The van der Waals surface area contributed by atoms with Crippen LogP contribution in [-0.4, -0.2) is 22.2 Å². The molecule has 0 aliphatic rings. The number of nitrogens with zero attached hydrogens (tertiary/aromatic N) is 1. The molecule has 0 saturated heterocycles. The quantitative estimate of drug-likeness (QED) is 0.305. The summed E-state index contributed by atoms with van der Waals surface area (Å²) in [6.07, 6.45) is -3.42. The van der Waals surface area contributed by atoms with Crippen molar-refractivity contribution < 1.29 is 23.1 Å². The van der Waals surface area contributed by atoms with Gasteiger partial charge in [-0.15, -0.1) is 0 Å². The van der Waals surface area contributed by atoms with E-state index in [2.05, 4.69) is 47.7 Å². The highest BCUT2D eigenvalue weighted by molar-refractivity contribution is 9.11. The van der Waals surface area contributed by atoms with Crippen molar-refractivity contribution in [2.24, 2.45) is 5.10 Å². The van der Waals surface area contributed by atoms with Gasteiger partial charge in [-0.25, -0.2) is 0 Å². The normalized spacial score (nSPS) is 11.4. The van der Waals surface area contributed by atoms with Crippen LogP contribution in [0.2, 0.25) is 0 Å². The fourth-order valence-corrected chi connectivity index (χ4v) is 3.28. The third kappa shape index (κ3) is 5.75. The van der Waals surface area contributed by atoms with E-state index in [1.54, 1.807) is 12.1 Å². The summed E-state index contributed by atoms with van der Waals surface area (Å²) in [5, 5.41) is 15.7. The van der Waals surface area contributed by atoms with E-state index in [1.807, 2.05) is 0 Å². The molecule has 3 N–H and O–H groups in total. The molecular weight excluding hydrogens is 515 g/mol. The summed E-state index contributed by atoms with van der Waals surface area (Å²) < 4.78 is 39.9. The van der Waals surface area contributed by atoms with Gasteiger partial charge < -0.3 is 10.4 Å². The highest BCUT2D eigenvalue weighted by Gasteiger charge is 2.33. The predicted molar refractivity (Wildman–Crippen MR) is 107 cm³/mol. The standard InChI is InChI=1S/C16H10Br2F3N3O2S/c17-9-5-8(13(25)11(18)6-9)7-22-24-15(27)14(26)23-12-4-2-1-3-10(12)16(19,20)21/h1-7,25H,(H,23,26)(H,24,27). The first-order valence-corrected chi connectivity index (χ1v) is 9.07. The van der Waals surface area contributed by atoms with Gasteiger partial charge in [0.2, 0.25) is 0 Å². The van der Waals surface area contributed by atoms with Crippen LogP contribution in [0.1, 0.15) is 11.1 Å². The smallest absolute Gasteiger partial charge is 0.418 e. The Bertz CT molecular complexity index is 920. The zero-order valence-electron chi connectivity index (χ0n) is 13.1. The number of hydrazone groups is 1. The Morgan fingerprint density at radius 2 is 1.89 bits per heavy atom. The van der Waals surface area contributed by atoms with E-state index >= 15 is 0 Å². The van der Waals surface area contributed by atoms with Crippen LogP contribution >= 0.6 is 44.1 Å². The molecule has 2 aromatic carbocycles. The summed E-state index contributed by atoms with van der Waals surface area (Å²) in [5.41, 5.74) is 1.14. The van der Waals surface area contributed by atoms with Crippen LogP contribution in [0.15, 0.2) is 50.4 Å². The minimum Gasteiger partial charge on any atom is -0.506 e. The first kappa shape index (κ1) is 21.3. The van der Waals surface area contributed by atoms with Gasteiger partial charge in [-0.3, -0.25) is 10.2 Å². The van der Waals surface area contributed by atoms with Gasteiger partial charge in [0.1, 0.15) is 5.75 Å². The maximum Gasteiger partial charge on any atom is 0.418 e. The Kier molecular flexibility index (Phi) is 6.95. The third-order valence-electron chi connectivity index (χ3n) is 3.11. The first-order valence-electron chi connectivity index (χ1n) is 7.08. The molecule has 0 fully saturated rings. The molecular formula is C16H10Br2F3N3O2S. The fourth-order valence-electron chi connectivity index (χ4n) is 1.91. The van der Waals surface area contributed by atoms with E-state index in [4.69, 9.17) is 12.2 Å². The Labute approximate surface area is 173 Å². The molecule has 0 saturated carbocycles. The highest BCUT2D eigenvalue weighted by Crippen LogP contribution is 2.34. The maximum atomic E-state index is 12.9.